The van der Waals surface area contributed by atoms with Gasteiger partial charge in [0.15, 0.2) is 29.0 Å². The predicted molar refractivity (Wildman–Crippen MR) is 500 cm³/mol. The van der Waals surface area contributed by atoms with Crippen molar-refractivity contribution in [2.75, 3.05) is 124 Å². The minimum Gasteiger partial charge on any atom is -0.485 e. The molecule has 11 amide bonds. The molecule has 0 aliphatic carbocycles. The van der Waals surface area contributed by atoms with Gasteiger partial charge in [-0.25, -0.2) is 23.3 Å². The predicted octanol–water partition coefficient (Wildman–Crippen LogP) is 12.5. The van der Waals surface area contributed by atoms with Crippen LogP contribution in [-0.4, -0.2) is 257 Å². The lowest BCUT2D eigenvalue weighted by molar-refractivity contribution is -0.149. The smallest absolute Gasteiger partial charge is 0.410 e. The Hall–Kier alpha value is -10.5. The summed E-state index contributed by atoms with van der Waals surface area (Å²) < 4.78 is 71.9. The van der Waals surface area contributed by atoms with Gasteiger partial charge >= 0.3 is 12.1 Å². The van der Waals surface area contributed by atoms with E-state index in [1.807, 2.05) is 65.0 Å². The van der Waals surface area contributed by atoms with Crippen LogP contribution >= 0.6 is 23.5 Å². The molecule has 726 valence electrons. The van der Waals surface area contributed by atoms with E-state index >= 15 is 8.78 Å². The number of hydrogen-bond donors (Lipinski definition) is 5. The fourth-order valence-corrected chi connectivity index (χ4v) is 19.1. The SMILES string of the molecule is C.CCC(C)[C@@H]([C@@H](CC(=O)N1CCC[C@H]1[C@H](OC)[C@@H](C)C(=O)C[C@H](C)[C@@H](O)c1ccccc1)OC)N(C)C(=O)[C@@H](CC(=O)[C@H](C(C)C)N(C)C(=O)OCc1ccc(NC(=O)[C@H](CCCNC(N)=O)CC(=O)[C@@H](NC(=O)COCCOc2c(F)cc(N3C(=O)C(Sc4ccc(C(=O)N5CCOCC5)cc4)=C(Sc4ccc(C(=O)N5CCOCC5)cc4)C3=O)cc2F)C(C)C)cc1)C(C)C. The zero-order valence-electron chi connectivity index (χ0n) is 77.8. The number of morpholine rings is 2. The van der Waals surface area contributed by atoms with Gasteiger partial charge in [0.1, 0.15) is 25.6 Å². The van der Waals surface area contributed by atoms with E-state index in [-0.39, 0.29) is 122 Å². The zero-order chi connectivity index (χ0) is 96.3. The Morgan fingerprint density at radius 2 is 1.21 bits per heavy atom. The largest absolute Gasteiger partial charge is 0.485 e. The minimum absolute atomic E-state index is 0. The number of likely N-dealkylation sites (N-methyl/N-ethyl adjacent to an activating group) is 2. The summed E-state index contributed by atoms with van der Waals surface area (Å²) in [5.41, 5.74) is 7.17. The van der Waals surface area contributed by atoms with E-state index in [1.54, 1.807) is 134 Å². The lowest BCUT2D eigenvalue weighted by Gasteiger charge is -2.41. The van der Waals surface area contributed by atoms with E-state index in [1.165, 1.54) is 26.2 Å². The van der Waals surface area contributed by atoms with Crippen molar-refractivity contribution in [3.63, 3.8) is 0 Å². The number of methoxy groups -OCH3 is 2. The number of urea groups is 1. The van der Waals surface area contributed by atoms with Crippen LogP contribution in [0.1, 0.15) is 172 Å². The van der Waals surface area contributed by atoms with E-state index in [4.69, 9.17) is 38.9 Å². The molecule has 0 radical (unpaired) electrons. The van der Waals surface area contributed by atoms with Gasteiger partial charge in [0, 0.05) is 143 Å². The molecule has 0 saturated carbocycles. The molecule has 133 heavy (non-hydrogen) atoms. The van der Waals surface area contributed by atoms with Crippen LogP contribution in [0.3, 0.4) is 0 Å². The number of anilines is 2. The fourth-order valence-electron chi connectivity index (χ4n) is 17.1. The van der Waals surface area contributed by atoms with Crippen molar-refractivity contribution in [2.24, 2.45) is 53.1 Å². The molecule has 6 N–H and O–H groups in total. The van der Waals surface area contributed by atoms with Crippen LogP contribution in [0.15, 0.2) is 135 Å². The van der Waals surface area contributed by atoms with Gasteiger partial charge in [0.25, 0.3) is 23.6 Å². The molecule has 9 rings (SSSR count). The second-order valence-corrected chi connectivity index (χ2v) is 37.2. The molecule has 0 spiro atoms. The number of thioether (sulfide) groups is 2. The average Bonchev–Trinajstić information content (AvgIpc) is 1.66. The van der Waals surface area contributed by atoms with E-state index in [9.17, 15) is 67.4 Å². The number of aliphatic hydroxyl groups is 1. The number of primary amides is 1. The topological polar surface area (TPSA) is 388 Å². The molecule has 35 heteroatoms. The number of rotatable bonds is 48. The summed E-state index contributed by atoms with van der Waals surface area (Å²) >= 11 is 1.84. The maximum Gasteiger partial charge on any atom is 0.410 e. The summed E-state index contributed by atoms with van der Waals surface area (Å²) in [7, 11) is 6.17. The first kappa shape index (κ1) is 108. The molecule has 5 aromatic rings. The summed E-state index contributed by atoms with van der Waals surface area (Å²) in [6.07, 6.45) is -1.39. The van der Waals surface area contributed by atoms with Crippen molar-refractivity contribution in [1.82, 2.24) is 35.1 Å². The third-order valence-electron chi connectivity index (χ3n) is 24.7. The molecule has 3 saturated heterocycles. The number of nitrogens with two attached hydrogens (primary N) is 1. The molecule has 12 atom stereocenters. The summed E-state index contributed by atoms with van der Waals surface area (Å²) in [6, 6.07) is 26.0. The van der Waals surface area contributed by atoms with Gasteiger partial charge in [-0.1, -0.05) is 149 Å². The number of nitrogens with one attached hydrogen (secondary N) is 3. The second kappa shape index (κ2) is 51.8. The van der Waals surface area contributed by atoms with Crippen molar-refractivity contribution >= 4 is 112 Å². The zero-order valence-corrected chi connectivity index (χ0v) is 79.5. The maximum absolute atomic E-state index is 16.1. The standard InChI is InChI=1S/C97H128F2N10O21S2.CH4/c1-15-60(8)84(79(124-13)54-81(114)108-38-20-24-75(108)86(125-14)62(10)76(110)49-61(9)85(115)64-21-17-16-18-22-64)104(11)93(119)72(57(2)3)53-78(112)83(59(6)7)105(12)97(123)130-55-63-25-31-68(32-26-63)102-90(116)67(23-19-37-101-96(100)122)50-77(111)82(58(4)5)103-80(113)56-128-47-48-129-87-73(98)51-69(52-74(87)99)109-94(120)88(131-70-33-27-65(28-34-70)91(117)106-39-43-126-44-40-106)89(95(109)121)132-71-35-29-66(30-36-71)92(118)107-41-45-127-46-42-107;/h16-18,21-22,25-36,51-52,57-62,67,72,75,79,82-86,115H,15,19-20,23-24,37-50,53-56H2,1-14H3,(H,102,116)(H,103,113)(H3,100,101,122);1H4/t60?,61-,62-,67+,72-,75-,79+,82-,83-,84-,85+,86+;/m0./s1. The van der Waals surface area contributed by atoms with Crippen molar-refractivity contribution in [3.8, 4) is 5.75 Å². The van der Waals surface area contributed by atoms with E-state index in [2.05, 4.69) is 16.0 Å². The molecule has 4 aliphatic rings. The minimum atomic E-state index is -1.28. The number of likely N-dealkylation sites (tertiary alicyclic amines) is 1. The van der Waals surface area contributed by atoms with Gasteiger partial charge in [0.2, 0.25) is 23.6 Å². The van der Waals surface area contributed by atoms with Crippen molar-refractivity contribution in [3.05, 3.63) is 159 Å². The molecule has 0 bridgehead atoms. The quantitative estimate of drug-likeness (QED) is 0.0178. The third kappa shape index (κ3) is 29.2. The van der Waals surface area contributed by atoms with Gasteiger partial charge in [0.05, 0.1) is 97.4 Å². The molecule has 4 heterocycles. The number of hydrogen-bond acceptors (Lipinski definition) is 23. The van der Waals surface area contributed by atoms with Crippen LogP contribution < -0.4 is 31.3 Å². The Kier molecular flexibility index (Phi) is 42.0. The highest BCUT2D eigenvalue weighted by atomic mass is 32.2. The Labute approximate surface area is 787 Å². The molecule has 0 aromatic heterocycles. The number of ketones is 3. The van der Waals surface area contributed by atoms with E-state index < -0.39 is 156 Å². The van der Waals surface area contributed by atoms with Crippen LogP contribution in [0.25, 0.3) is 0 Å². The summed E-state index contributed by atoms with van der Waals surface area (Å²) in [6.45, 7) is 20.2. The normalized spacial score (nSPS) is 17.2. The number of Topliss-reactive ketones (excluding diaryl/α,β-unsaturated/α-hetero) is 3. The van der Waals surface area contributed by atoms with E-state index in [0.29, 0.717) is 115 Å². The fraction of sp³-hybridized carbons (Fsp3) is 0.541. The summed E-state index contributed by atoms with van der Waals surface area (Å²) in [5, 5.41) is 19.0. The van der Waals surface area contributed by atoms with Gasteiger partial charge in [-0.05, 0) is 127 Å². The molecular weight excluding hydrogens is 1760 g/mol. The van der Waals surface area contributed by atoms with Gasteiger partial charge in [-0.2, -0.15) is 0 Å². The Bertz CT molecular complexity index is 4730. The number of nitrogens with zero attached hydrogens (tertiary/aromatic N) is 6. The van der Waals surface area contributed by atoms with Gasteiger partial charge in [-0.3, -0.25) is 52.7 Å². The Morgan fingerprint density at radius 1 is 0.647 bits per heavy atom. The van der Waals surface area contributed by atoms with Crippen LogP contribution in [0.2, 0.25) is 0 Å². The summed E-state index contributed by atoms with van der Waals surface area (Å²) in [5.74, 6) is -12.8. The number of halogens is 2. The van der Waals surface area contributed by atoms with Crippen LogP contribution in [0, 0.1) is 59.0 Å². The highest BCUT2D eigenvalue weighted by molar-refractivity contribution is 8.08. The first-order valence-electron chi connectivity index (χ1n) is 45.1. The number of imide groups is 1. The number of amides is 11. The number of ether oxygens (including phenoxy) is 7. The lowest BCUT2D eigenvalue weighted by Crippen LogP contribution is -2.54. The highest BCUT2D eigenvalue weighted by Gasteiger charge is 2.46. The van der Waals surface area contributed by atoms with Crippen LogP contribution in [-0.2, 0) is 78.2 Å². The highest BCUT2D eigenvalue weighted by Crippen LogP contribution is 2.46. The van der Waals surface area contributed by atoms with Gasteiger partial charge in [-0.15, -0.1) is 0 Å². The van der Waals surface area contributed by atoms with Gasteiger partial charge < -0.3 is 84.4 Å². The first-order valence-corrected chi connectivity index (χ1v) is 46.8. The van der Waals surface area contributed by atoms with Crippen molar-refractivity contribution in [1.29, 1.82) is 0 Å². The Morgan fingerprint density at radius 3 is 1.72 bits per heavy atom. The number of benzene rings is 5. The Balaban J connectivity index is 0.0000218. The number of aliphatic hydroxyl groups excluding tert-OH is 1. The molecule has 5 aromatic carbocycles. The molecule has 4 aliphatic heterocycles. The monoisotopic (exact) mass is 1890 g/mol. The van der Waals surface area contributed by atoms with Crippen molar-refractivity contribution in [2.45, 2.75) is 193 Å². The first-order chi connectivity index (χ1) is 63.0. The maximum atomic E-state index is 16.1. The third-order valence-corrected chi connectivity index (χ3v) is 27.0. The number of carbonyl (C=O) groups excluding carboxylic acids is 13. The molecule has 1 unspecified atom stereocenters. The van der Waals surface area contributed by atoms with Crippen molar-refractivity contribution < 1.29 is 109 Å². The molecule has 3 fully saturated rings. The number of carbonyl (C=O) groups is 13. The van der Waals surface area contributed by atoms with Crippen LogP contribution in [0.4, 0.5) is 29.7 Å². The van der Waals surface area contributed by atoms with Crippen LogP contribution in [0.5, 0.6) is 5.75 Å². The lowest BCUT2D eigenvalue weighted by atomic mass is 9.83. The second-order valence-electron chi connectivity index (χ2n) is 35.0. The van der Waals surface area contributed by atoms with E-state index in [0.717, 1.165) is 41.2 Å². The summed E-state index contributed by atoms with van der Waals surface area (Å²) in [4.78, 5) is 190. The molecule has 31 nitrogen and oxygen atoms in total. The molecular formula is C98H132F2N10O21S2. The average molecular weight is 1890 g/mol.